The molecular weight excluding hydrogens is 408 g/mol. The van der Waals surface area contributed by atoms with Crippen LogP contribution in [0.4, 0.5) is 0 Å². The number of ether oxygens (including phenoxy) is 1. The van der Waals surface area contributed by atoms with Crippen molar-refractivity contribution in [3.05, 3.63) is 53.4 Å². The van der Waals surface area contributed by atoms with Gasteiger partial charge in [-0.15, -0.1) is 0 Å². The van der Waals surface area contributed by atoms with Crippen LogP contribution in [-0.4, -0.2) is 82.6 Å². The smallest absolute Gasteiger partial charge is 0.276 e. The van der Waals surface area contributed by atoms with Gasteiger partial charge in [-0.25, -0.2) is 0 Å². The van der Waals surface area contributed by atoms with Gasteiger partial charge in [-0.1, -0.05) is 35.5 Å². The van der Waals surface area contributed by atoms with Gasteiger partial charge in [0.05, 0.1) is 18.7 Å². The number of rotatable bonds is 4. The molecule has 170 valence electrons. The van der Waals surface area contributed by atoms with Gasteiger partial charge >= 0.3 is 0 Å². The molecule has 4 heterocycles. The summed E-state index contributed by atoms with van der Waals surface area (Å²) in [6, 6.07) is 12.1. The van der Waals surface area contributed by atoms with Crippen LogP contribution >= 0.6 is 0 Å². The van der Waals surface area contributed by atoms with E-state index < -0.39 is 0 Å². The van der Waals surface area contributed by atoms with Crippen LogP contribution in [0.1, 0.15) is 41.1 Å². The third-order valence-corrected chi connectivity index (χ3v) is 7.09. The highest BCUT2D eigenvalue weighted by Gasteiger charge is 2.50. The molecule has 1 aromatic heterocycles. The number of aryl methyl sites for hydroxylation is 1. The highest BCUT2D eigenvalue weighted by Crippen LogP contribution is 2.35. The third-order valence-electron chi connectivity index (χ3n) is 7.09. The summed E-state index contributed by atoms with van der Waals surface area (Å²) in [5.74, 6) is 0.726. The van der Waals surface area contributed by atoms with Crippen LogP contribution in [0, 0.1) is 6.92 Å². The van der Waals surface area contributed by atoms with Gasteiger partial charge in [0.1, 0.15) is 5.76 Å². The molecule has 8 nitrogen and oxygen atoms in total. The van der Waals surface area contributed by atoms with Gasteiger partial charge in [-0.2, -0.15) is 0 Å². The second kappa shape index (κ2) is 8.67. The van der Waals surface area contributed by atoms with E-state index in [2.05, 4.69) is 22.2 Å². The quantitative estimate of drug-likeness (QED) is 0.727. The topological polar surface area (TPSA) is 79.1 Å². The van der Waals surface area contributed by atoms with E-state index in [0.29, 0.717) is 50.8 Å². The molecule has 1 spiro atoms. The lowest BCUT2D eigenvalue weighted by Crippen LogP contribution is -2.68. The fourth-order valence-corrected chi connectivity index (χ4v) is 5.37. The fraction of sp³-hybridized carbons (Fsp3) is 0.542. The highest BCUT2D eigenvalue weighted by molar-refractivity contribution is 5.92. The van der Waals surface area contributed by atoms with Gasteiger partial charge in [-0.3, -0.25) is 14.5 Å². The van der Waals surface area contributed by atoms with Crippen LogP contribution in [0.25, 0.3) is 0 Å². The monoisotopic (exact) mass is 438 g/mol. The Morgan fingerprint density at radius 1 is 1.22 bits per heavy atom. The Morgan fingerprint density at radius 3 is 2.66 bits per heavy atom. The number of carbonyl (C=O) groups excluding carboxylic acids is 2. The summed E-state index contributed by atoms with van der Waals surface area (Å²) in [5, 5.41) is 3.87. The van der Waals surface area contributed by atoms with E-state index in [-0.39, 0.29) is 23.4 Å². The Labute approximate surface area is 188 Å². The number of nitrogens with zero attached hydrogens (tertiary/aromatic N) is 4. The summed E-state index contributed by atoms with van der Waals surface area (Å²) in [4.78, 5) is 32.1. The summed E-state index contributed by atoms with van der Waals surface area (Å²) in [5.41, 5.74) is 1.38. The van der Waals surface area contributed by atoms with E-state index in [1.165, 1.54) is 0 Å². The van der Waals surface area contributed by atoms with E-state index in [4.69, 9.17) is 9.26 Å². The highest BCUT2D eigenvalue weighted by atomic mass is 16.5. The number of likely N-dealkylation sites (tertiary alicyclic amines) is 1. The van der Waals surface area contributed by atoms with Crippen molar-refractivity contribution >= 4 is 11.8 Å². The average molecular weight is 439 g/mol. The Hall–Kier alpha value is -2.71. The second-order valence-electron chi connectivity index (χ2n) is 9.24. The molecule has 0 aliphatic carbocycles. The molecule has 1 unspecified atom stereocenters. The molecule has 1 atom stereocenters. The van der Waals surface area contributed by atoms with Crippen LogP contribution in [0.3, 0.4) is 0 Å². The number of amides is 2. The van der Waals surface area contributed by atoms with Crippen molar-refractivity contribution in [2.75, 3.05) is 39.4 Å². The second-order valence-corrected chi connectivity index (χ2v) is 9.24. The lowest BCUT2D eigenvalue weighted by atomic mass is 9.87. The molecule has 8 heteroatoms. The lowest BCUT2D eigenvalue weighted by Gasteiger charge is -2.52. The maximum absolute atomic E-state index is 13.1. The van der Waals surface area contributed by atoms with Crippen LogP contribution in [0.2, 0.25) is 0 Å². The molecule has 3 aliphatic heterocycles. The van der Waals surface area contributed by atoms with Crippen molar-refractivity contribution in [3.63, 3.8) is 0 Å². The number of carbonyl (C=O) groups is 2. The molecule has 3 aliphatic rings. The first-order valence-corrected chi connectivity index (χ1v) is 11.4. The molecular formula is C24H30N4O4. The normalized spacial score (nSPS) is 25.1. The summed E-state index contributed by atoms with van der Waals surface area (Å²) in [6.07, 6.45) is 2.62. The minimum Gasteiger partial charge on any atom is -0.379 e. The van der Waals surface area contributed by atoms with E-state index in [1.807, 2.05) is 28.0 Å². The number of benzene rings is 1. The molecule has 2 amide bonds. The predicted octanol–water partition coefficient (Wildman–Crippen LogP) is 2.09. The van der Waals surface area contributed by atoms with Crippen molar-refractivity contribution < 1.29 is 18.8 Å². The summed E-state index contributed by atoms with van der Waals surface area (Å²) >= 11 is 0. The van der Waals surface area contributed by atoms with Crippen LogP contribution in [0.5, 0.6) is 0 Å². The zero-order chi connectivity index (χ0) is 22.1. The zero-order valence-electron chi connectivity index (χ0n) is 18.5. The Kier molecular flexibility index (Phi) is 5.73. The largest absolute Gasteiger partial charge is 0.379 e. The SMILES string of the molecule is Cc1cc(C(=O)N2CCC(N3CC(=O)N(Cc4ccccc4)CC34CCOC4)CC2)no1. The van der Waals surface area contributed by atoms with Crippen molar-refractivity contribution in [1.29, 1.82) is 0 Å². The molecule has 0 saturated carbocycles. The molecule has 0 N–H and O–H groups in total. The first-order chi connectivity index (χ1) is 15.5. The molecule has 5 rings (SSSR count). The minimum atomic E-state index is -0.136. The number of piperidine rings is 1. The molecule has 2 aromatic rings. The third kappa shape index (κ3) is 4.04. The molecule has 3 fully saturated rings. The van der Waals surface area contributed by atoms with E-state index in [0.717, 1.165) is 31.4 Å². The minimum absolute atomic E-state index is 0.0806. The molecule has 0 bridgehead atoms. The van der Waals surface area contributed by atoms with Crippen molar-refractivity contribution in [2.45, 2.75) is 44.3 Å². The number of hydrogen-bond donors (Lipinski definition) is 0. The zero-order valence-corrected chi connectivity index (χ0v) is 18.5. The predicted molar refractivity (Wildman–Crippen MR) is 117 cm³/mol. The standard InChI is InChI=1S/C24H30N4O4/c1-18-13-21(25-32-18)23(30)26-10-7-20(8-11-26)28-15-22(29)27(14-19-5-3-2-4-6-19)16-24(28)9-12-31-17-24/h2-6,13,20H,7-12,14-17H2,1H3. The number of aromatic nitrogens is 1. The van der Waals surface area contributed by atoms with Crippen LogP contribution in [0.15, 0.2) is 40.9 Å². The number of piperazine rings is 1. The van der Waals surface area contributed by atoms with Crippen LogP contribution < -0.4 is 0 Å². The first-order valence-electron chi connectivity index (χ1n) is 11.4. The van der Waals surface area contributed by atoms with Crippen LogP contribution in [-0.2, 0) is 16.1 Å². The van der Waals surface area contributed by atoms with Crippen molar-refractivity contribution in [1.82, 2.24) is 19.9 Å². The summed E-state index contributed by atoms with van der Waals surface area (Å²) in [6.45, 7) is 6.23. The number of hydrogen-bond acceptors (Lipinski definition) is 6. The Bertz CT molecular complexity index is 961. The molecule has 32 heavy (non-hydrogen) atoms. The van der Waals surface area contributed by atoms with Gasteiger partial charge < -0.3 is 19.1 Å². The Balaban J connectivity index is 1.26. The van der Waals surface area contributed by atoms with Gasteiger partial charge in [0, 0.05) is 44.9 Å². The molecule has 0 radical (unpaired) electrons. The lowest BCUT2D eigenvalue weighted by molar-refractivity contribution is -0.148. The van der Waals surface area contributed by atoms with Crippen molar-refractivity contribution in [2.24, 2.45) is 0 Å². The van der Waals surface area contributed by atoms with Gasteiger partial charge in [0.15, 0.2) is 5.69 Å². The van der Waals surface area contributed by atoms with E-state index in [1.54, 1.807) is 13.0 Å². The maximum Gasteiger partial charge on any atom is 0.276 e. The summed E-state index contributed by atoms with van der Waals surface area (Å²) < 4.78 is 10.9. The Morgan fingerprint density at radius 2 is 2.00 bits per heavy atom. The maximum atomic E-state index is 13.1. The first kappa shape index (κ1) is 21.2. The fourth-order valence-electron chi connectivity index (χ4n) is 5.37. The van der Waals surface area contributed by atoms with E-state index >= 15 is 0 Å². The molecule has 1 aromatic carbocycles. The summed E-state index contributed by atoms with van der Waals surface area (Å²) in [7, 11) is 0. The van der Waals surface area contributed by atoms with Gasteiger partial charge in [0.2, 0.25) is 5.91 Å². The van der Waals surface area contributed by atoms with Gasteiger partial charge in [-0.05, 0) is 31.7 Å². The van der Waals surface area contributed by atoms with E-state index in [9.17, 15) is 9.59 Å². The van der Waals surface area contributed by atoms with Crippen molar-refractivity contribution in [3.8, 4) is 0 Å². The average Bonchev–Trinajstić information content (AvgIpc) is 3.46. The molecule has 3 saturated heterocycles. The van der Waals surface area contributed by atoms with Gasteiger partial charge in [0.25, 0.3) is 5.91 Å².